The van der Waals surface area contributed by atoms with E-state index in [1.807, 2.05) is 11.8 Å². The number of aromatic nitrogens is 1. The van der Waals surface area contributed by atoms with Crippen LogP contribution in [-0.4, -0.2) is 88.3 Å². The van der Waals surface area contributed by atoms with Crippen LogP contribution < -0.4 is 0 Å². The maximum Gasteiger partial charge on any atom is 0.295 e. The number of rotatable bonds is 5. The average Bonchev–Trinajstić information content (AvgIpc) is 3.25. The molecule has 8 nitrogen and oxygen atoms in total. The Labute approximate surface area is 231 Å². The summed E-state index contributed by atoms with van der Waals surface area (Å²) in [6, 6.07) is 9.76. The predicted molar refractivity (Wildman–Crippen MR) is 146 cm³/mol. The molecule has 0 bridgehead atoms. The molecule has 3 heterocycles. The molecule has 2 fully saturated rings. The number of hydrogen-bond donors (Lipinski definition) is 0. The van der Waals surface area contributed by atoms with Crippen LogP contribution in [0.4, 0.5) is 4.39 Å². The van der Waals surface area contributed by atoms with Crippen LogP contribution in [0, 0.1) is 5.82 Å². The number of carbonyl (C=O) groups is 3. The standard InChI is InChI=1S/C29H32ClFN4O4/c1-18-15-35(19(2)14-34(18)16-20-4-6-21(31)7-5-20)28(37)23-12-22-24(17-32(3)26(22)13-25(23)30)27(36)29(38)33-8-10-39-11-9-33/h4-7,12-13,17-19H,8-11,14-16H2,1-3H3/t18-,19+/m0/s1. The maximum atomic E-state index is 13.8. The van der Waals surface area contributed by atoms with E-state index in [9.17, 15) is 18.8 Å². The van der Waals surface area contributed by atoms with Crippen molar-refractivity contribution in [1.29, 1.82) is 0 Å². The highest BCUT2D eigenvalue weighted by molar-refractivity contribution is 6.45. The fraction of sp³-hybridized carbons (Fsp3) is 0.414. The first-order chi connectivity index (χ1) is 18.6. The largest absolute Gasteiger partial charge is 0.378 e. The summed E-state index contributed by atoms with van der Waals surface area (Å²) in [6.45, 7) is 7.39. The van der Waals surface area contributed by atoms with Gasteiger partial charge >= 0.3 is 0 Å². The first-order valence-electron chi connectivity index (χ1n) is 13.1. The lowest BCUT2D eigenvalue weighted by Gasteiger charge is -2.44. The summed E-state index contributed by atoms with van der Waals surface area (Å²) in [5, 5.41) is 0.813. The predicted octanol–water partition coefficient (Wildman–Crippen LogP) is 3.75. The van der Waals surface area contributed by atoms with Crippen LogP contribution >= 0.6 is 11.6 Å². The van der Waals surface area contributed by atoms with Crippen LogP contribution in [0.3, 0.4) is 0 Å². The monoisotopic (exact) mass is 554 g/mol. The van der Waals surface area contributed by atoms with Gasteiger partial charge in [-0.2, -0.15) is 0 Å². The number of hydrogen-bond acceptors (Lipinski definition) is 5. The number of halogens is 2. The van der Waals surface area contributed by atoms with Gasteiger partial charge in [-0.25, -0.2) is 4.39 Å². The van der Waals surface area contributed by atoms with Crippen LogP contribution in [-0.2, 0) is 23.1 Å². The first-order valence-corrected chi connectivity index (χ1v) is 13.5. The van der Waals surface area contributed by atoms with Gasteiger partial charge in [-0.15, -0.1) is 0 Å². The van der Waals surface area contributed by atoms with E-state index in [0.29, 0.717) is 67.4 Å². The van der Waals surface area contributed by atoms with E-state index in [1.54, 1.807) is 42.1 Å². The summed E-state index contributed by atoms with van der Waals surface area (Å²) in [7, 11) is 1.78. The third-order valence-corrected chi connectivity index (χ3v) is 8.03. The number of benzene rings is 2. The second-order valence-corrected chi connectivity index (χ2v) is 10.9. The van der Waals surface area contributed by atoms with Gasteiger partial charge in [0.1, 0.15) is 5.82 Å². The Balaban J connectivity index is 1.38. The molecule has 2 amide bonds. The third kappa shape index (κ3) is 5.44. The number of nitrogens with zero attached hydrogens (tertiary/aromatic N) is 4. The second-order valence-electron chi connectivity index (χ2n) is 10.4. The lowest BCUT2D eigenvalue weighted by Crippen LogP contribution is -2.57. The summed E-state index contributed by atoms with van der Waals surface area (Å²) >= 11 is 6.62. The molecule has 0 radical (unpaired) electrons. The highest BCUT2D eigenvalue weighted by Crippen LogP contribution is 2.31. The number of ketones is 1. The van der Waals surface area contributed by atoms with Crippen LogP contribution in [0.1, 0.15) is 40.1 Å². The molecule has 0 aliphatic carbocycles. The third-order valence-electron chi connectivity index (χ3n) is 7.72. The minimum Gasteiger partial charge on any atom is -0.378 e. The number of carbonyl (C=O) groups excluding carboxylic acids is 3. The summed E-state index contributed by atoms with van der Waals surface area (Å²) in [4.78, 5) is 45.5. The molecule has 3 aromatic rings. The molecule has 39 heavy (non-hydrogen) atoms. The van der Waals surface area contributed by atoms with Crippen molar-refractivity contribution in [3.63, 3.8) is 0 Å². The molecule has 0 spiro atoms. The Morgan fingerprint density at radius 1 is 1.00 bits per heavy atom. The molecule has 2 aliphatic heterocycles. The van der Waals surface area contributed by atoms with Gasteiger partial charge in [0.2, 0.25) is 0 Å². The molecule has 1 aromatic heterocycles. The van der Waals surface area contributed by atoms with Crippen LogP contribution in [0.2, 0.25) is 5.02 Å². The number of amides is 2. The van der Waals surface area contributed by atoms with Crippen molar-refractivity contribution in [2.24, 2.45) is 7.05 Å². The smallest absolute Gasteiger partial charge is 0.295 e. The van der Waals surface area contributed by atoms with Crippen molar-refractivity contribution in [3.8, 4) is 0 Å². The Morgan fingerprint density at radius 2 is 1.69 bits per heavy atom. The lowest BCUT2D eigenvalue weighted by atomic mass is 10.0. The van der Waals surface area contributed by atoms with Gasteiger partial charge in [0, 0.05) is 63.4 Å². The van der Waals surface area contributed by atoms with Gasteiger partial charge < -0.3 is 19.1 Å². The quantitative estimate of drug-likeness (QED) is 0.355. The minimum atomic E-state index is -0.611. The van der Waals surface area contributed by atoms with E-state index in [4.69, 9.17) is 16.3 Å². The summed E-state index contributed by atoms with van der Waals surface area (Å²) in [5.74, 6) is -1.67. The molecular weight excluding hydrogens is 523 g/mol. The molecule has 0 unspecified atom stereocenters. The van der Waals surface area contributed by atoms with E-state index in [0.717, 1.165) is 5.56 Å². The van der Waals surface area contributed by atoms with Crippen molar-refractivity contribution < 1.29 is 23.5 Å². The van der Waals surface area contributed by atoms with Gasteiger partial charge in [0.15, 0.2) is 0 Å². The Morgan fingerprint density at radius 3 is 2.38 bits per heavy atom. The molecule has 10 heteroatoms. The van der Waals surface area contributed by atoms with Gasteiger partial charge in [0.25, 0.3) is 17.6 Å². The molecule has 0 N–H and O–H groups in total. The number of aryl methyl sites for hydroxylation is 1. The molecule has 2 aliphatic rings. The van der Waals surface area contributed by atoms with E-state index < -0.39 is 11.7 Å². The van der Waals surface area contributed by atoms with Crippen molar-refractivity contribution in [1.82, 2.24) is 19.3 Å². The Kier molecular flexibility index (Phi) is 7.75. The molecule has 5 rings (SSSR count). The summed E-state index contributed by atoms with van der Waals surface area (Å²) < 4.78 is 20.4. The van der Waals surface area contributed by atoms with Gasteiger partial charge in [-0.05, 0) is 43.7 Å². The zero-order valence-corrected chi connectivity index (χ0v) is 23.1. The SMILES string of the molecule is C[C@@H]1CN(Cc2ccc(F)cc2)[C@@H](C)CN1C(=O)c1cc2c(C(=O)C(=O)N3CCOCC3)cn(C)c2cc1Cl. The number of morpholine rings is 1. The number of piperazine rings is 1. The van der Waals surface area contributed by atoms with Gasteiger partial charge in [-0.1, -0.05) is 23.7 Å². The van der Waals surface area contributed by atoms with Crippen molar-refractivity contribution in [2.45, 2.75) is 32.5 Å². The van der Waals surface area contributed by atoms with Crippen molar-refractivity contribution in [3.05, 3.63) is 70.1 Å². The van der Waals surface area contributed by atoms with E-state index in [1.165, 1.54) is 17.0 Å². The van der Waals surface area contributed by atoms with Gasteiger partial charge in [0.05, 0.1) is 34.9 Å². The molecule has 0 saturated carbocycles. The fourth-order valence-corrected chi connectivity index (χ4v) is 5.69. The molecule has 2 atom stereocenters. The zero-order valence-electron chi connectivity index (χ0n) is 22.3. The summed E-state index contributed by atoms with van der Waals surface area (Å²) in [5.41, 5.74) is 2.23. The average molecular weight is 555 g/mol. The van der Waals surface area contributed by atoms with E-state index in [-0.39, 0.29) is 29.4 Å². The zero-order chi connectivity index (χ0) is 27.8. The van der Waals surface area contributed by atoms with E-state index >= 15 is 0 Å². The van der Waals surface area contributed by atoms with Gasteiger partial charge in [-0.3, -0.25) is 19.3 Å². The minimum absolute atomic E-state index is 0.0673. The molecular formula is C29H32ClFN4O4. The molecule has 2 saturated heterocycles. The number of fused-ring (bicyclic) bond motifs is 1. The van der Waals surface area contributed by atoms with Crippen LogP contribution in [0.15, 0.2) is 42.6 Å². The number of ether oxygens (including phenoxy) is 1. The Bertz CT molecular complexity index is 1420. The highest BCUT2D eigenvalue weighted by Gasteiger charge is 2.34. The fourth-order valence-electron chi connectivity index (χ4n) is 5.45. The second kappa shape index (κ2) is 11.1. The highest BCUT2D eigenvalue weighted by atomic mass is 35.5. The normalized spacial score (nSPS) is 20.4. The van der Waals surface area contributed by atoms with E-state index in [2.05, 4.69) is 11.8 Å². The van der Waals surface area contributed by atoms with Crippen molar-refractivity contribution in [2.75, 3.05) is 39.4 Å². The van der Waals surface area contributed by atoms with Crippen molar-refractivity contribution >= 4 is 40.1 Å². The number of Topliss-reactive ketones (excluding diaryl/α,β-unsaturated/α-hetero) is 1. The molecule has 206 valence electrons. The summed E-state index contributed by atoms with van der Waals surface area (Å²) in [6.07, 6.45) is 1.62. The first kappa shape index (κ1) is 27.3. The van der Waals surface area contributed by atoms with Crippen LogP contribution in [0.5, 0.6) is 0 Å². The Hall–Kier alpha value is -3.27. The van der Waals surface area contributed by atoms with Crippen LogP contribution in [0.25, 0.3) is 10.9 Å². The lowest BCUT2D eigenvalue weighted by molar-refractivity contribution is -0.130. The topological polar surface area (TPSA) is 75.1 Å². The maximum absolute atomic E-state index is 13.8. The molecule has 2 aromatic carbocycles.